The molecule has 1 aromatic heterocycles. The van der Waals surface area contributed by atoms with E-state index in [2.05, 4.69) is 10.3 Å². The van der Waals surface area contributed by atoms with Gasteiger partial charge in [0.05, 0.1) is 12.2 Å². The highest BCUT2D eigenvalue weighted by Crippen LogP contribution is 2.26. The first-order chi connectivity index (χ1) is 11.7. The summed E-state index contributed by atoms with van der Waals surface area (Å²) in [5.74, 6) is 0.551. The number of carbonyl (C=O) groups excluding carboxylic acids is 1. The first-order valence-corrected chi connectivity index (χ1v) is 8.35. The van der Waals surface area contributed by atoms with Gasteiger partial charge in [-0.05, 0) is 29.8 Å². The quantitative estimate of drug-likeness (QED) is 0.722. The zero-order chi connectivity index (χ0) is 16.8. The monoisotopic (exact) mass is 339 g/mol. The predicted octanol–water partition coefficient (Wildman–Crippen LogP) is 3.29. The Morgan fingerprint density at radius 2 is 1.88 bits per heavy atom. The van der Waals surface area contributed by atoms with Crippen LogP contribution in [0.3, 0.4) is 0 Å². The summed E-state index contributed by atoms with van der Waals surface area (Å²) in [5.41, 5.74) is 8.17. The summed E-state index contributed by atoms with van der Waals surface area (Å²) < 4.78 is 5.77. The van der Waals surface area contributed by atoms with Crippen molar-refractivity contribution in [1.29, 1.82) is 0 Å². The molecule has 122 valence electrons. The van der Waals surface area contributed by atoms with Gasteiger partial charge in [-0.1, -0.05) is 30.3 Å². The molecule has 3 rings (SSSR count). The number of nitrogens with one attached hydrogen (secondary N) is 1. The normalized spacial score (nSPS) is 10.4. The van der Waals surface area contributed by atoms with Crippen molar-refractivity contribution in [3.05, 3.63) is 65.5 Å². The molecule has 6 heteroatoms. The van der Waals surface area contributed by atoms with Gasteiger partial charge in [-0.2, -0.15) is 0 Å². The number of rotatable bonds is 6. The smallest absolute Gasteiger partial charge is 0.239 e. The molecule has 3 N–H and O–H groups in total. The zero-order valence-electron chi connectivity index (χ0n) is 12.9. The Hall–Kier alpha value is -2.70. The van der Waals surface area contributed by atoms with E-state index >= 15 is 0 Å². The molecule has 0 radical (unpaired) electrons. The number of anilines is 1. The van der Waals surface area contributed by atoms with E-state index < -0.39 is 0 Å². The fourth-order valence-corrected chi connectivity index (χ4v) is 2.83. The third kappa shape index (κ3) is 4.18. The van der Waals surface area contributed by atoms with E-state index in [1.807, 2.05) is 60.0 Å². The number of aromatic nitrogens is 1. The van der Waals surface area contributed by atoms with Crippen LogP contribution in [0.5, 0.6) is 5.75 Å². The third-order valence-corrected chi connectivity index (χ3v) is 4.09. The Balaban J connectivity index is 1.63. The summed E-state index contributed by atoms with van der Waals surface area (Å²) in [7, 11) is 0. The van der Waals surface area contributed by atoms with Crippen molar-refractivity contribution in [3.8, 4) is 17.0 Å². The number of amides is 1. The molecule has 3 aromatic rings. The summed E-state index contributed by atoms with van der Waals surface area (Å²) in [6.07, 6.45) is 0. The highest BCUT2D eigenvalue weighted by molar-refractivity contribution is 7.14. The van der Waals surface area contributed by atoms with Crippen LogP contribution in [-0.4, -0.2) is 17.4 Å². The molecular weight excluding hydrogens is 322 g/mol. The number of thiazole rings is 1. The highest BCUT2D eigenvalue weighted by atomic mass is 32.1. The second-order valence-electron chi connectivity index (χ2n) is 5.09. The second-order valence-corrected chi connectivity index (χ2v) is 5.95. The topological polar surface area (TPSA) is 77.2 Å². The Morgan fingerprint density at radius 3 is 2.58 bits per heavy atom. The number of nitrogens with two attached hydrogens (primary N) is 1. The van der Waals surface area contributed by atoms with Gasteiger partial charge in [0.1, 0.15) is 12.4 Å². The molecule has 0 bridgehead atoms. The summed E-state index contributed by atoms with van der Waals surface area (Å²) >= 11 is 1.37. The summed E-state index contributed by atoms with van der Waals surface area (Å²) in [6.45, 7) is 0.481. The van der Waals surface area contributed by atoms with Crippen LogP contribution in [0.15, 0.2) is 60.0 Å². The molecule has 0 aliphatic heterocycles. The highest BCUT2D eigenvalue weighted by Gasteiger charge is 2.07. The number of hydrogen-bond donors (Lipinski definition) is 2. The minimum absolute atomic E-state index is 0.0532. The van der Waals surface area contributed by atoms with Crippen LogP contribution in [0, 0.1) is 0 Å². The molecule has 0 aliphatic carbocycles. The second kappa shape index (κ2) is 7.72. The molecule has 0 aliphatic rings. The molecule has 1 amide bonds. The molecule has 0 unspecified atom stereocenters. The van der Waals surface area contributed by atoms with Crippen LogP contribution in [0.25, 0.3) is 11.3 Å². The van der Waals surface area contributed by atoms with Crippen LogP contribution in [-0.2, 0) is 11.4 Å². The van der Waals surface area contributed by atoms with Gasteiger partial charge in [-0.25, -0.2) is 4.98 Å². The third-order valence-electron chi connectivity index (χ3n) is 3.33. The molecule has 0 atom stereocenters. The lowest BCUT2D eigenvalue weighted by atomic mass is 10.2. The molecule has 5 nitrogen and oxygen atoms in total. The van der Waals surface area contributed by atoms with Crippen molar-refractivity contribution in [2.24, 2.45) is 5.73 Å². The average Bonchev–Trinajstić information content (AvgIpc) is 3.09. The maximum Gasteiger partial charge on any atom is 0.239 e. The minimum atomic E-state index is -0.249. The van der Waals surface area contributed by atoms with Crippen molar-refractivity contribution < 1.29 is 9.53 Å². The molecule has 0 spiro atoms. The van der Waals surface area contributed by atoms with Crippen molar-refractivity contribution >= 4 is 22.4 Å². The zero-order valence-corrected chi connectivity index (χ0v) is 13.8. The first kappa shape index (κ1) is 16.2. The molecule has 0 fully saturated rings. The van der Waals surface area contributed by atoms with Crippen molar-refractivity contribution in [2.75, 3.05) is 11.9 Å². The lowest BCUT2D eigenvalue weighted by Gasteiger charge is -2.06. The SMILES string of the molecule is NCC(=O)Nc1nc(-c2ccc(OCc3ccccc3)cc2)cs1. The molecule has 2 aromatic carbocycles. The fraction of sp³-hybridized carbons (Fsp3) is 0.111. The van der Waals surface area contributed by atoms with Gasteiger partial charge < -0.3 is 15.8 Å². The van der Waals surface area contributed by atoms with E-state index in [1.54, 1.807) is 0 Å². The Labute approximate surface area is 144 Å². The van der Waals surface area contributed by atoms with E-state index in [1.165, 1.54) is 11.3 Å². The van der Waals surface area contributed by atoms with E-state index in [4.69, 9.17) is 10.5 Å². The van der Waals surface area contributed by atoms with E-state index in [-0.39, 0.29) is 12.5 Å². The van der Waals surface area contributed by atoms with Gasteiger partial charge in [0.2, 0.25) is 5.91 Å². The van der Waals surface area contributed by atoms with E-state index in [0.29, 0.717) is 11.7 Å². The van der Waals surface area contributed by atoms with Crippen molar-refractivity contribution in [1.82, 2.24) is 4.98 Å². The Bertz CT molecular complexity index is 801. The molecule has 0 saturated heterocycles. The summed E-state index contributed by atoms with van der Waals surface area (Å²) in [5, 5.41) is 5.09. The number of nitrogens with zero attached hydrogens (tertiary/aromatic N) is 1. The summed E-state index contributed by atoms with van der Waals surface area (Å²) in [4.78, 5) is 15.7. The van der Waals surface area contributed by atoms with E-state index in [0.717, 1.165) is 22.6 Å². The fourth-order valence-electron chi connectivity index (χ4n) is 2.10. The summed E-state index contributed by atoms with van der Waals surface area (Å²) in [6, 6.07) is 17.7. The Morgan fingerprint density at radius 1 is 1.12 bits per heavy atom. The van der Waals surface area contributed by atoms with Gasteiger partial charge in [-0.15, -0.1) is 11.3 Å². The van der Waals surface area contributed by atoms with Crippen LogP contribution >= 0.6 is 11.3 Å². The number of carbonyl (C=O) groups is 1. The minimum Gasteiger partial charge on any atom is -0.489 e. The average molecular weight is 339 g/mol. The molecule has 24 heavy (non-hydrogen) atoms. The lowest BCUT2D eigenvalue weighted by Crippen LogP contribution is -2.21. The number of hydrogen-bond acceptors (Lipinski definition) is 5. The van der Waals surface area contributed by atoms with Crippen LogP contribution < -0.4 is 15.8 Å². The number of ether oxygens (including phenoxy) is 1. The largest absolute Gasteiger partial charge is 0.489 e. The lowest BCUT2D eigenvalue weighted by molar-refractivity contribution is -0.114. The van der Waals surface area contributed by atoms with Crippen molar-refractivity contribution in [2.45, 2.75) is 6.61 Å². The van der Waals surface area contributed by atoms with Gasteiger partial charge in [0.15, 0.2) is 5.13 Å². The van der Waals surface area contributed by atoms with Gasteiger partial charge in [0, 0.05) is 10.9 Å². The molecular formula is C18H17N3O2S. The van der Waals surface area contributed by atoms with Crippen LogP contribution in [0.2, 0.25) is 0 Å². The maximum atomic E-state index is 11.3. The molecule has 0 saturated carbocycles. The Kier molecular flexibility index (Phi) is 5.20. The maximum absolute atomic E-state index is 11.3. The predicted molar refractivity (Wildman–Crippen MR) is 96.0 cm³/mol. The van der Waals surface area contributed by atoms with Gasteiger partial charge in [-0.3, -0.25) is 4.79 Å². The molecule has 1 heterocycles. The number of benzene rings is 2. The van der Waals surface area contributed by atoms with Crippen LogP contribution in [0.4, 0.5) is 5.13 Å². The van der Waals surface area contributed by atoms with E-state index in [9.17, 15) is 4.79 Å². The van der Waals surface area contributed by atoms with Gasteiger partial charge in [0.25, 0.3) is 0 Å². The first-order valence-electron chi connectivity index (χ1n) is 7.47. The standard InChI is InChI=1S/C18H17N3O2S/c19-10-17(22)21-18-20-16(12-24-18)14-6-8-15(9-7-14)23-11-13-4-2-1-3-5-13/h1-9,12H,10-11,19H2,(H,20,21,22). The van der Waals surface area contributed by atoms with Crippen molar-refractivity contribution in [3.63, 3.8) is 0 Å². The van der Waals surface area contributed by atoms with Crippen LogP contribution in [0.1, 0.15) is 5.56 Å². The van der Waals surface area contributed by atoms with Gasteiger partial charge >= 0.3 is 0 Å².